The summed E-state index contributed by atoms with van der Waals surface area (Å²) < 4.78 is 38.1. The normalized spacial score (nSPS) is 14.6. The van der Waals surface area contributed by atoms with Crippen molar-refractivity contribution in [1.82, 2.24) is 5.32 Å². The molecule has 136 valence electrons. The van der Waals surface area contributed by atoms with Crippen LogP contribution >= 0.6 is 0 Å². The number of nitrogens with zero attached hydrogens (tertiary/aromatic N) is 1. The van der Waals surface area contributed by atoms with Gasteiger partial charge in [0.15, 0.2) is 0 Å². The van der Waals surface area contributed by atoms with Crippen LogP contribution in [-0.2, 0) is 17.5 Å². The van der Waals surface area contributed by atoms with Crippen LogP contribution in [0, 0.1) is 0 Å². The van der Waals surface area contributed by atoms with Gasteiger partial charge >= 0.3 is 6.18 Å². The summed E-state index contributed by atoms with van der Waals surface area (Å²) in [6, 6.07) is 11.5. The average molecular weight is 362 g/mol. The minimum absolute atomic E-state index is 0.0425. The molecule has 0 radical (unpaired) electrons. The largest absolute Gasteiger partial charge is 0.416 e. The van der Waals surface area contributed by atoms with Crippen LogP contribution in [0.15, 0.2) is 48.5 Å². The Hall–Kier alpha value is -2.83. The van der Waals surface area contributed by atoms with Crippen molar-refractivity contribution >= 4 is 17.5 Å². The Labute approximate surface area is 148 Å². The van der Waals surface area contributed by atoms with Gasteiger partial charge in [-0.2, -0.15) is 13.2 Å². The van der Waals surface area contributed by atoms with Crippen molar-refractivity contribution in [3.8, 4) is 0 Å². The first-order chi connectivity index (χ1) is 12.3. The molecule has 0 aliphatic carbocycles. The van der Waals surface area contributed by atoms with E-state index in [9.17, 15) is 22.8 Å². The maximum Gasteiger partial charge on any atom is 0.416 e. The van der Waals surface area contributed by atoms with Gasteiger partial charge in [0.25, 0.3) is 5.91 Å². The molecule has 1 N–H and O–H groups in total. The summed E-state index contributed by atoms with van der Waals surface area (Å²) in [7, 11) is 0. The lowest BCUT2D eigenvalue weighted by atomic mass is 10.1. The van der Waals surface area contributed by atoms with Crippen molar-refractivity contribution in [1.29, 1.82) is 0 Å². The number of nitrogens with one attached hydrogen (secondary N) is 1. The SMILES string of the molecule is O=C(NCc1ccc(N2CCCC2=O)cc1)c1cccc(C(F)(F)F)c1. The van der Waals surface area contributed by atoms with E-state index >= 15 is 0 Å². The number of benzene rings is 2. The minimum atomic E-state index is -4.49. The van der Waals surface area contributed by atoms with Gasteiger partial charge in [0.05, 0.1) is 5.56 Å². The zero-order chi connectivity index (χ0) is 18.7. The number of anilines is 1. The summed E-state index contributed by atoms with van der Waals surface area (Å²) in [5, 5.41) is 2.60. The molecule has 1 heterocycles. The molecule has 1 aliphatic heterocycles. The summed E-state index contributed by atoms with van der Waals surface area (Å²) in [5.74, 6) is -0.481. The van der Waals surface area contributed by atoms with E-state index in [0.717, 1.165) is 29.8 Å². The number of carbonyl (C=O) groups excluding carboxylic acids is 2. The van der Waals surface area contributed by atoms with E-state index in [0.29, 0.717) is 13.0 Å². The van der Waals surface area contributed by atoms with E-state index in [1.807, 2.05) is 0 Å². The van der Waals surface area contributed by atoms with Gasteiger partial charge in [-0.05, 0) is 42.3 Å². The van der Waals surface area contributed by atoms with Gasteiger partial charge in [0.1, 0.15) is 0 Å². The van der Waals surface area contributed by atoms with E-state index in [2.05, 4.69) is 5.32 Å². The summed E-state index contributed by atoms with van der Waals surface area (Å²) in [6.07, 6.45) is -3.10. The Morgan fingerprint density at radius 1 is 1.12 bits per heavy atom. The van der Waals surface area contributed by atoms with Crippen molar-refractivity contribution in [2.45, 2.75) is 25.6 Å². The van der Waals surface area contributed by atoms with E-state index in [1.54, 1.807) is 29.2 Å². The predicted octanol–water partition coefficient (Wildman–Crippen LogP) is 3.76. The Morgan fingerprint density at radius 3 is 2.46 bits per heavy atom. The molecule has 2 amide bonds. The number of alkyl halides is 3. The van der Waals surface area contributed by atoms with Gasteiger partial charge in [0, 0.05) is 30.8 Å². The van der Waals surface area contributed by atoms with Crippen LogP contribution in [0.25, 0.3) is 0 Å². The Balaban J connectivity index is 1.62. The summed E-state index contributed by atoms with van der Waals surface area (Å²) >= 11 is 0. The molecule has 7 heteroatoms. The zero-order valence-corrected chi connectivity index (χ0v) is 13.8. The van der Waals surface area contributed by atoms with E-state index in [-0.39, 0.29) is 18.0 Å². The second kappa shape index (κ2) is 7.19. The zero-order valence-electron chi connectivity index (χ0n) is 13.8. The van der Waals surface area contributed by atoms with Gasteiger partial charge in [0.2, 0.25) is 5.91 Å². The van der Waals surface area contributed by atoms with Crippen molar-refractivity contribution in [2.24, 2.45) is 0 Å². The highest BCUT2D eigenvalue weighted by molar-refractivity contribution is 5.95. The quantitative estimate of drug-likeness (QED) is 0.900. The maximum absolute atomic E-state index is 12.7. The second-order valence-corrected chi connectivity index (χ2v) is 6.08. The van der Waals surface area contributed by atoms with Gasteiger partial charge in [-0.15, -0.1) is 0 Å². The summed E-state index contributed by atoms with van der Waals surface area (Å²) in [5.41, 5.74) is 0.699. The average Bonchev–Trinajstić information content (AvgIpc) is 3.05. The summed E-state index contributed by atoms with van der Waals surface area (Å²) in [4.78, 5) is 25.5. The number of hydrogen-bond acceptors (Lipinski definition) is 2. The van der Waals surface area contributed by atoms with Crippen molar-refractivity contribution in [2.75, 3.05) is 11.4 Å². The highest BCUT2D eigenvalue weighted by atomic mass is 19.4. The smallest absolute Gasteiger partial charge is 0.348 e. The first-order valence-electron chi connectivity index (χ1n) is 8.19. The molecule has 26 heavy (non-hydrogen) atoms. The molecular formula is C19H17F3N2O2. The van der Waals surface area contributed by atoms with Crippen molar-refractivity contribution in [3.63, 3.8) is 0 Å². The maximum atomic E-state index is 12.7. The highest BCUT2D eigenvalue weighted by Crippen LogP contribution is 2.29. The van der Waals surface area contributed by atoms with Gasteiger partial charge < -0.3 is 10.2 Å². The molecule has 0 aromatic heterocycles. The van der Waals surface area contributed by atoms with Crippen molar-refractivity contribution in [3.05, 3.63) is 65.2 Å². The first-order valence-corrected chi connectivity index (χ1v) is 8.19. The molecule has 3 rings (SSSR count). The third kappa shape index (κ3) is 4.04. The number of hydrogen-bond donors (Lipinski definition) is 1. The molecule has 0 spiro atoms. The molecular weight excluding hydrogens is 345 g/mol. The molecule has 1 fully saturated rings. The molecule has 1 saturated heterocycles. The van der Waals surface area contributed by atoms with Crippen LogP contribution in [-0.4, -0.2) is 18.4 Å². The standard InChI is InChI=1S/C19H17F3N2O2/c20-19(21,22)15-4-1-3-14(11-15)18(26)23-12-13-6-8-16(9-7-13)24-10-2-5-17(24)25/h1,3-4,6-9,11H,2,5,10,12H2,(H,23,26). The third-order valence-electron chi connectivity index (χ3n) is 4.23. The molecule has 0 saturated carbocycles. The number of halogens is 3. The number of carbonyl (C=O) groups is 2. The van der Waals surface area contributed by atoms with Crippen LogP contribution in [0.4, 0.5) is 18.9 Å². The van der Waals surface area contributed by atoms with Gasteiger partial charge in [-0.1, -0.05) is 18.2 Å². The van der Waals surface area contributed by atoms with Crippen LogP contribution in [0.3, 0.4) is 0 Å². The van der Waals surface area contributed by atoms with Gasteiger partial charge in [-0.3, -0.25) is 9.59 Å². The number of amides is 2. The van der Waals surface area contributed by atoms with Crippen LogP contribution in [0.1, 0.15) is 34.3 Å². The first kappa shape index (κ1) is 18.0. The van der Waals surface area contributed by atoms with Crippen LogP contribution in [0.5, 0.6) is 0 Å². The van der Waals surface area contributed by atoms with E-state index in [1.165, 1.54) is 12.1 Å². The fraction of sp³-hybridized carbons (Fsp3) is 0.263. The topological polar surface area (TPSA) is 49.4 Å². The molecule has 2 aromatic carbocycles. The predicted molar refractivity (Wildman–Crippen MR) is 90.6 cm³/mol. The lowest BCUT2D eigenvalue weighted by molar-refractivity contribution is -0.137. The molecule has 2 aromatic rings. The van der Waals surface area contributed by atoms with E-state index < -0.39 is 17.6 Å². The third-order valence-corrected chi connectivity index (χ3v) is 4.23. The molecule has 0 atom stereocenters. The minimum Gasteiger partial charge on any atom is -0.348 e. The lowest BCUT2D eigenvalue weighted by Crippen LogP contribution is -2.24. The molecule has 0 unspecified atom stereocenters. The van der Waals surface area contributed by atoms with Crippen LogP contribution in [0.2, 0.25) is 0 Å². The monoisotopic (exact) mass is 362 g/mol. The Bertz CT molecular complexity index is 816. The summed E-state index contributed by atoms with van der Waals surface area (Å²) in [6.45, 7) is 0.883. The molecule has 0 bridgehead atoms. The van der Waals surface area contributed by atoms with Crippen LogP contribution < -0.4 is 10.2 Å². The Morgan fingerprint density at radius 2 is 1.85 bits per heavy atom. The fourth-order valence-corrected chi connectivity index (χ4v) is 2.84. The lowest BCUT2D eigenvalue weighted by Gasteiger charge is -2.16. The Kier molecular flexibility index (Phi) is 4.97. The van der Waals surface area contributed by atoms with Gasteiger partial charge in [-0.25, -0.2) is 0 Å². The molecule has 4 nitrogen and oxygen atoms in total. The van der Waals surface area contributed by atoms with E-state index in [4.69, 9.17) is 0 Å². The second-order valence-electron chi connectivity index (χ2n) is 6.08. The highest BCUT2D eigenvalue weighted by Gasteiger charge is 2.30. The fourth-order valence-electron chi connectivity index (χ4n) is 2.84. The number of rotatable bonds is 4. The molecule has 1 aliphatic rings. The van der Waals surface area contributed by atoms with Crippen molar-refractivity contribution < 1.29 is 22.8 Å².